The third kappa shape index (κ3) is 3.48. The average molecular weight is 308 g/mol. The molecule has 0 saturated carbocycles. The van der Waals surface area contributed by atoms with Crippen molar-refractivity contribution in [2.45, 2.75) is 33.1 Å². The van der Waals surface area contributed by atoms with Crippen molar-refractivity contribution in [3.8, 4) is 11.5 Å². The molecule has 0 aromatic heterocycles. The van der Waals surface area contributed by atoms with Gasteiger partial charge in [-0.25, -0.2) is 4.39 Å². The lowest BCUT2D eigenvalue weighted by molar-refractivity contribution is 0.453. The van der Waals surface area contributed by atoms with Gasteiger partial charge in [-0.05, 0) is 24.5 Å². The normalized spacial score (nSPS) is 11.5. The van der Waals surface area contributed by atoms with Crippen LogP contribution in [-0.4, -0.2) is 0 Å². The number of nitrogens with two attached hydrogens (primary N) is 1. The quantitative estimate of drug-likeness (QED) is 0.748. The third-order valence-corrected chi connectivity index (χ3v) is 3.51. The molecule has 2 aromatic carbocycles. The molecule has 0 fully saturated rings. The van der Waals surface area contributed by atoms with Gasteiger partial charge in [0.2, 0.25) is 0 Å². The zero-order chi connectivity index (χ0) is 15.8. The number of nitrogen functional groups attached to an aromatic ring is 1. The maximum absolute atomic E-state index is 13.6. The highest BCUT2D eigenvalue weighted by Gasteiger charge is 2.20. The SMILES string of the molecule is Cc1ccc(Oc2cc(F)c(Cl)cc2N)c(C(C)(C)C)c1. The van der Waals surface area contributed by atoms with Crippen molar-refractivity contribution in [2.75, 3.05) is 5.73 Å². The van der Waals surface area contributed by atoms with Crippen LogP contribution in [0.4, 0.5) is 10.1 Å². The molecule has 2 aromatic rings. The van der Waals surface area contributed by atoms with Crippen molar-refractivity contribution >= 4 is 17.3 Å². The van der Waals surface area contributed by atoms with Gasteiger partial charge in [-0.1, -0.05) is 50.1 Å². The molecule has 0 amide bonds. The standard InChI is InChI=1S/C17H19ClFNO/c1-10-5-6-15(11(7-10)17(2,3)4)21-16-9-13(19)12(18)8-14(16)20/h5-9H,20H2,1-4H3. The number of ether oxygens (including phenoxy) is 1. The molecule has 0 heterocycles. The van der Waals surface area contributed by atoms with Gasteiger partial charge in [0.1, 0.15) is 11.6 Å². The Morgan fingerprint density at radius 2 is 1.76 bits per heavy atom. The van der Waals surface area contributed by atoms with Crippen LogP contribution in [0.1, 0.15) is 31.9 Å². The van der Waals surface area contributed by atoms with Gasteiger partial charge in [0.05, 0.1) is 10.7 Å². The number of halogens is 2. The second-order valence-corrected chi connectivity index (χ2v) is 6.56. The minimum Gasteiger partial charge on any atom is -0.455 e. The third-order valence-electron chi connectivity index (χ3n) is 3.22. The molecular formula is C17H19ClFNO. The molecule has 0 radical (unpaired) electrons. The summed E-state index contributed by atoms with van der Waals surface area (Å²) >= 11 is 5.70. The molecule has 0 atom stereocenters. The molecule has 0 bridgehead atoms. The monoisotopic (exact) mass is 307 g/mol. The Kier molecular flexibility index (Phi) is 4.15. The largest absolute Gasteiger partial charge is 0.455 e. The summed E-state index contributed by atoms with van der Waals surface area (Å²) in [7, 11) is 0. The van der Waals surface area contributed by atoms with Crippen molar-refractivity contribution in [1.29, 1.82) is 0 Å². The van der Waals surface area contributed by atoms with Crippen molar-refractivity contribution in [2.24, 2.45) is 0 Å². The fourth-order valence-electron chi connectivity index (χ4n) is 2.07. The van der Waals surface area contributed by atoms with E-state index in [-0.39, 0.29) is 16.2 Å². The molecule has 4 heteroatoms. The van der Waals surface area contributed by atoms with Crippen LogP contribution in [0.3, 0.4) is 0 Å². The molecule has 21 heavy (non-hydrogen) atoms. The molecule has 0 aliphatic heterocycles. The topological polar surface area (TPSA) is 35.2 Å². The molecule has 0 aliphatic carbocycles. The molecule has 0 saturated heterocycles. The molecule has 112 valence electrons. The maximum atomic E-state index is 13.6. The average Bonchev–Trinajstić information content (AvgIpc) is 2.36. The molecular weight excluding hydrogens is 289 g/mol. The fraction of sp³-hybridized carbons (Fsp3) is 0.294. The molecule has 0 spiro atoms. The minimum atomic E-state index is -0.551. The molecule has 2 nitrogen and oxygen atoms in total. The summed E-state index contributed by atoms with van der Waals surface area (Å²) in [6.45, 7) is 8.32. The van der Waals surface area contributed by atoms with Gasteiger partial charge in [0.15, 0.2) is 5.75 Å². The van der Waals surface area contributed by atoms with E-state index in [4.69, 9.17) is 22.1 Å². The van der Waals surface area contributed by atoms with E-state index in [9.17, 15) is 4.39 Å². The first-order chi connectivity index (χ1) is 9.68. The Balaban J connectivity index is 2.47. The number of hydrogen-bond acceptors (Lipinski definition) is 2. The second kappa shape index (κ2) is 5.57. The van der Waals surface area contributed by atoms with Crippen LogP contribution in [0.25, 0.3) is 0 Å². The van der Waals surface area contributed by atoms with Crippen LogP contribution in [0.5, 0.6) is 11.5 Å². The van der Waals surface area contributed by atoms with E-state index in [0.29, 0.717) is 11.4 Å². The summed E-state index contributed by atoms with van der Waals surface area (Å²) in [6, 6.07) is 8.47. The Labute approximate surface area is 129 Å². The molecule has 0 unspecified atom stereocenters. The van der Waals surface area contributed by atoms with E-state index in [1.807, 2.05) is 19.1 Å². The van der Waals surface area contributed by atoms with E-state index in [2.05, 4.69) is 26.8 Å². The van der Waals surface area contributed by atoms with E-state index in [1.54, 1.807) is 0 Å². The van der Waals surface area contributed by atoms with Crippen molar-refractivity contribution in [3.63, 3.8) is 0 Å². The zero-order valence-corrected chi connectivity index (χ0v) is 13.4. The van der Waals surface area contributed by atoms with Crippen LogP contribution in [-0.2, 0) is 5.41 Å². The second-order valence-electron chi connectivity index (χ2n) is 6.16. The van der Waals surface area contributed by atoms with Gasteiger partial charge >= 0.3 is 0 Å². The summed E-state index contributed by atoms with van der Waals surface area (Å²) in [4.78, 5) is 0. The van der Waals surface area contributed by atoms with Crippen LogP contribution in [0, 0.1) is 12.7 Å². The summed E-state index contributed by atoms with van der Waals surface area (Å²) < 4.78 is 19.4. The van der Waals surface area contributed by atoms with Crippen molar-refractivity contribution < 1.29 is 9.13 Å². The first-order valence-electron chi connectivity index (χ1n) is 6.72. The maximum Gasteiger partial charge on any atom is 0.153 e. The number of hydrogen-bond donors (Lipinski definition) is 1. The Bertz CT molecular complexity index is 677. The first kappa shape index (κ1) is 15.6. The minimum absolute atomic E-state index is 0.0141. The van der Waals surface area contributed by atoms with Crippen LogP contribution >= 0.6 is 11.6 Å². The Morgan fingerprint density at radius 1 is 1.10 bits per heavy atom. The highest BCUT2D eigenvalue weighted by atomic mass is 35.5. The lowest BCUT2D eigenvalue weighted by Crippen LogP contribution is -2.13. The van der Waals surface area contributed by atoms with Gasteiger partial charge in [0.25, 0.3) is 0 Å². The van der Waals surface area contributed by atoms with Gasteiger partial charge < -0.3 is 10.5 Å². The predicted molar refractivity (Wildman–Crippen MR) is 85.8 cm³/mol. The highest BCUT2D eigenvalue weighted by Crippen LogP contribution is 2.37. The van der Waals surface area contributed by atoms with Gasteiger partial charge in [-0.15, -0.1) is 0 Å². The van der Waals surface area contributed by atoms with E-state index in [1.165, 1.54) is 12.1 Å². The van der Waals surface area contributed by atoms with Gasteiger partial charge in [-0.3, -0.25) is 0 Å². The Hall–Kier alpha value is -1.74. The summed E-state index contributed by atoms with van der Waals surface area (Å²) in [6.07, 6.45) is 0. The summed E-state index contributed by atoms with van der Waals surface area (Å²) in [5.41, 5.74) is 8.24. The molecule has 2 N–H and O–H groups in total. The zero-order valence-electron chi connectivity index (χ0n) is 12.6. The van der Waals surface area contributed by atoms with Crippen LogP contribution < -0.4 is 10.5 Å². The van der Waals surface area contributed by atoms with E-state index >= 15 is 0 Å². The summed E-state index contributed by atoms with van der Waals surface area (Å²) in [5, 5.41) is -0.0141. The van der Waals surface area contributed by atoms with E-state index in [0.717, 1.165) is 11.1 Å². The first-order valence-corrected chi connectivity index (χ1v) is 7.10. The highest BCUT2D eigenvalue weighted by molar-refractivity contribution is 6.31. The lowest BCUT2D eigenvalue weighted by Gasteiger charge is -2.23. The van der Waals surface area contributed by atoms with Crippen LogP contribution in [0.15, 0.2) is 30.3 Å². The van der Waals surface area contributed by atoms with E-state index < -0.39 is 5.82 Å². The number of aryl methyl sites for hydroxylation is 1. The fourth-order valence-corrected chi connectivity index (χ4v) is 2.24. The number of anilines is 1. The smallest absolute Gasteiger partial charge is 0.153 e. The molecule has 0 aliphatic rings. The summed E-state index contributed by atoms with van der Waals surface area (Å²) in [5.74, 6) is 0.387. The van der Waals surface area contributed by atoms with Gasteiger partial charge in [-0.2, -0.15) is 0 Å². The van der Waals surface area contributed by atoms with Gasteiger partial charge in [0, 0.05) is 11.6 Å². The van der Waals surface area contributed by atoms with Crippen LogP contribution in [0.2, 0.25) is 5.02 Å². The number of benzene rings is 2. The van der Waals surface area contributed by atoms with Crippen molar-refractivity contribution in [3.05, 3.63) is 52.3 Å². The Morgan fingerprint density at radius 3 is 2.38 bits per heavy atom. The number of rotatable bonds is 2. The van der Waals surface area contributed by atoms with Crippen molar-refractivity contribution in [1.82, 2.24) is 0 Å². The molecule has 2 rings (SSSR count). The predicted octanol–water partition coefficient (Wildman–Crippen LogP) is 5.46. The lowest BCUT2D eigenvalue weighted by atomic mass is 9.85.